The third-order valence-corrected chi connectivity index (χ3v) is 2.82. The predicted octanol–water partition coefficient (Wildman–Crippen LogP) is -1.29. The second kappa shape index (κ2) is 6.80. The quantitative estimate of drug-likeness (QED) is 0.254. The van der Waals surface area contributed by atoms with Gasteiger partial charge < -0.3 is 26.0 Å². The molecule has 0 unspecified atom stereocenters. The first-order valence-electron chi connectivity index (χ1n) is 5.87. The predicted molar refractivity (Wildman–Crippen MR) is 78.0 cm³/mol. The lowest BCUT2D eigenvalue weighted by Crippen LogP contribution is -2.43. The zero-order valence-corrected chi connectivity index (χ0v) is 12.1. The van der Waals surface area contributed by atoms with Gasteiger partial charge in [-0.15, -0.1) is 0 Å². The third kappa shape index (κ3) is 2.95. The summed E-state index contributed by atoms with van der Waals surface area (Å²) in [4.78, 5) is 22.5. The van der Waals surface area contributed by atoms with E-state index < -0.39 is 18.7 Å². The van der Waals surface area contributed by atoms with Crippen LogP contribution in [0, 0.1) is 0 Å². The number of anilines is 2. The van der Waals surface area contributed by atoms with Crippen LogP contribution in [-0.2, 0) is 6.61 Å². The molecule has 0 bridgehead atoms. The first kappa shape index (κ1) is 17.3. The van der Waals surface area contributed by atoms with Crippen LogP contribution in [-0.4, -0.2) is 31.4 Å². The summed E-state index contributed by atoms with van der Waals surface area (Å²) >= 11 is 0. The Hall–Kier alpha value is -2.76. The maximum absolute atomic E-state index is 11.3. The first-order valence-corrected chi connectivity index (χ1v) is 5.87. The molecule has 11 heteroatoms. The van der Waals surface area contributed by atoms with Gasteiger partial charge in [0.1, 0.15) is 11.4 Å². The Bertz CT molecular complexity index is 593. The molecule has 11 nitrogen and oxygen atoms in total. The molecule has 4 amide bonds. The standard InChI is InChI=1S/C11H18N6O5/c1-21-8-6(16(14)10(12)19)3-5(4-18)7(9(8)22-2)17(15)11(13)20/h3,18H,4,14-15H2,1-2H3,(H2,12,19)(H2,13,20). The summed E-state index contributed by atoms with van der Waals surface area (Å²) in [5, 5.41) is 10.6. The summed E-state index contributed by atoms with van der Waals surface area (Å²) in [5.74, 6) is 11.1. The van der Waals surface area contributed by atoms with Crippen LogP contribution in [0.3, 0.4) is 0 Å². The molecule has 0 saturated carbocycles. The van der Waals surface area contributed by atoms with Crippen LogP contribution in [0.15, 0.2) is 6.07 Å². The lowest BCUT2D eigenvalue weighted by atomic mass is 10.1. The van der Waals surface area contributed by atoms with E-state index >= 15 is 0 Å². The fraction of sp³-hybridized carbons (Fsp3) is 0.273. The topological polar surface area (TPSA) is 183 Å². The number of hydrogen-bond acceptors (Lipinski definition) is 7. The molecule has 0 radical (unpaired) electrons. The average Bonchev–Trinajstić information content (AvgIpc) is 2.50. The second-order valence-electron chi connectivity index (χ2n) is 4.04. The number of aliphatic hydroxyl groups is 1. The van der Waals surface area contributed by atoms with Gasteiger partial charge in [0, 0.05) is 5.56 Å². The largest absolute Gasteiger partial charge is 0.491 e. The van der Waals surface area contributed by atoms with Crippen molar-refractivity contribution in [1.82, 2.24) is 0 Å². The molecule has 9 N–H and O–H groups in total. The maximum atomic E-state index is 11.3. The number of ether oxygens (including phenoxy) is 2. The van der Waals surface area contributed by atoms with E-state index in [9.17, 15) is 14.7 Å². The Morgan fingerprint density at radius 3 is 1.95 bits per heavy atom. The van der Waals surface area contributed by atoms with Gasteiger partial charge >= 0.3 is 12.1 Å². The molecule has 0 aromatic heterocycles. The summed E-state index contributed by atoms with van der Waals surface area (Å²) in [6.07, 6.45) is 0. The molecule has 0 heterocycles. The number of benzene rings is 1. The number of methoxy groups -OCH3 is 2. The van der Waals surface area contributed by atoms with Crippen molar-refractivity contribution < 1.29 is 24.2 Å². The van der Waals surface area contributed by atoms with Crippen molar-refractivity contribution in [3.63, 3.8) is 0 Å². The highest BCUT2D eigenvalue weighted by atomic mass is 16.5. The van der Waals surface area contributed by atoms with Crippen LogP contribution >= 0.6 is 0 Å². The van der Waals surface area contributed by atoms with Crippen LogP contribution in [0.2, 0.25) is 0 Å². The summed E-state index contributed by atoms with van der Waals surface area (Å²) in [5.41, 5.74) is 10.3. The average molecular weight is 314 g/mol. The number of urea groups is 2. The number of carbonyl (C=O) groups is 2. The number of amides is 4. The van der Waals surface area contributed by atoms with Gasteiger partial charge in [0.05, 0.1) is 20.8 Å². The van der Waals surface area contributed by atoms with Crippen molar-refractivity contribution in [2.75, 3.05) is 24.2 Å². The van der Waals surface area contributed by atoms with Gasteiger partial charge in [-0.05, 0) is 6.07 Å². The number of carbonyl (C=O) groups excluding carboxylic acids is 2. The SMILES string of the molecule is COc1c(N(N)C(N)=O)cc(CO)c(N(N)C(N)=O)c1OC. The maximum Gasteiger partial charge on any atom is 0.333 e. The number of rotatable bonds is 5. The molecule has 1 rings (SSSR count). The number of hydrogen-bond donors (Lipinski definition) is 5. The Morgan fingerprint density at radius 1 is 1.09 bits per heavy atom. The van der Waals surface area contributed by atoms with Gasteiger partial charge in [-0.1, -0.05) is 0 Å². The van der Waals surface area contributed by atoms with E-state index in [1.165, 1.54) is 20.3 Å². The Labute approximate surface area is 125 Å². The van der Waals surface area contributed by atoms with Crippen molar-refractivity contribution in [3.05, 3.63) is 11.6 Å². The zero-order valence-electron chi connectivity index (χ0n) is 12.1. The highest BCUT2D eigenvalue weighted by Crippen LogP contribution is 2.46. The van der Waals surface area contributed by atoms with Gasteiger partial charge in [-0.3, -0.25) is 0 Å². The van der Waals surface area contributed by atoms with Gasteiger partial charge in [0.15, 0.2) is 11.5 Å². The van der Waals surface area contributed by atoms with Gasteiger partial charge in [-0.25, -0.2) is 31.3 Å². The number of aliphatic hydroxyl groups excluding tert-OH is 1. The van der Waals surface area contributed by atoms with Crippen LogP contribution in [0.1, 0.15) is 5.56 Å². The van der Waals surface area contributed by atoms with Crippen LogP contribution in [0.25, 0.3) is 0 Å². The molecule has 122 valence electrons. The van der Waals surface area contributed by atoms with E-state index in [-0.39, 0.29) is 28.4 Å². The van der Waals surface area contributed by atoms with Crippen LogP contribution in [0.5, 0.6) is 11.5 Å². The molecule has 0 aliphatic heterocycles. The molecule has 0 atom stereocenters. The molecule has 0 fully saturated rings. The molecule has 0 saturated heterocycles. The Morgan fingerprint density at radius 2 is 1.59 bits per heavy atom. The van der Waals surface area contributed by atoms with E-state index in [1.54, 1.807) is 0 Å². The molecular weight excluding hydrogens is 296 g/mol. The van der Waals surface area contributed by atoms with E-state index in [0.717, 1.165) is 0 Å². The lowest BCUT2D eigenvalue weighted by Gasteiger charge is -2.26. The third-order valence-electron chi connectivity index (χ3n) is 2.82. The van der Waals surface area contributed by atoms with E-state index in [0.29, 0.717) is 10.0 Å². The van der Waals surface area contributed by atoms with E-state index in [2.05, 4.69) is 0 Å². The number of primary amides is 2. The minimum atomic E-state index is -0.998. The lowest BCUT2D eigenvalue weighted by molar-refractivity contribution is 0.252. The monoisotopic (exact) mass is 314 g/mol. The minimum Gasteiger partial charge on any atom is -0.491 e. The van der Waals surface area contributed by atoms with E-state index in [4.69, 9.17) is 32.6 Å². The number of nitrogens with two attached hydrogens (primary N) is 4. The molecule has 1 aromatic carbocycles. The van der Waals surface area contributed by atoms with Crippen molar-refractivity contribution >= 4 is 23.4 Å². The zero-order chi connectivity index (χ0) is 17.0. The second-order valence-corrected chi connectivity index (χ2v) is 4.04. The van der Waals surface area contributed by atoms with E-state index in [1.807, 2.05) is 0 Å². The summed E-state index contributed by atoms with van der Waals surface area (Å²) in [7, 11) is 2.55. The number of hydrazine groups is 2. The molecule has 0 spiro atoms. The van der Waals surface area contributed by atoms with Crippen LogP contribution in [0.4, 0.5) is 21.0 Å². The van der Waals surface area contributed by atoms with Gasteiger partial charge in [0.25, 0.3) is 0 Å². The Balaban J connectivity index is 3.74. The summed E-state index contributed by atoms with van der Waals surface area (Å²) in [6.45, 7) is -0.545. The van der Waals surface area contributed by atoms with Crippen molar-refractivity contribution in [1.29, 1.82) is 0 Å². The fourth-order valence-electron chi connectivity index (χ4n) is 1.85. The van der Waals surface area contributed by atoms with Crippen molar-refractivity contribution in [3.8, 4) is 11.5 Å². The summed E-state index contributed by atoms with van der Waals surface area (Å²) in [6, 6.07) is -0.705. The summed E-state index contributed by atoms with van der Waals surface area (Å²) < 4.78 is 10.3. The van der Waals surface area contributed by atoms with Gasteiger partial charge in [-0.2, -0.15) is 0 Å². The van der Waals surface area contributed by atoms with Crippen molar-refractivity contribution in [2.45, 2.75) is 6.61 Å². The van der Waals surface area contributed by atoms with Gasteiger partial charge in [0.2, 0.25) is 0 Å². The molecule has 22 heavy (non-hydrogen) atoms. The molecule has 0 aliphatic rings. The molecule has 0 aliphatic carbocycles. The highest BCUT2D eigenvalue weighted by molar-refractivity contribution is 5.97. The van der Waals surface area contributed by atoms with Crippen LogP contribution < -0.4 is 42.6 Å². The van der Waals surface area contributed by atoms with Crippen molar-refractivity contribution in [2.24, 2.45) is 23.2 Å². The normalized spacial score (nSPS) is 10.0. The fourth-order valence-corrected chi connectivity index (χ4v) is 1.85. The smallest absolute Gasteiger partial charge is 0.333 e. The molecule has 1 aromatic rings. The minimum absolute atomic E-state index is 0.0116. The molecular formula is C11H18N6O5. The first-order chi connectivity index (χ1) is 10.3. The number of nitrogens with zero attached hydrogens (tertiary/aromatic N) is 2. The Kier molecular flexibility index (Phi) is 5.34. The highest BCUT2D eigenvalue weighted by Gasteiger charge is 2.27.